The van der Waals surface area contributed by atoms with E-state index < -0.39 is 5.69 Å². The zero-order chi connectivity index (χ0) is 13.4. The van der Waals surface area contributed by atoms with Crippen LogP contribution < -0.4 is 11.0 Å². The van der Waals surface area contributed by atoms with Gasteiger partial charge in [-0.2, -0.15) is 10.2 Å². The van der Waals surface area contributed by atoms with Gasteiger partial charge in [0.15, 0.2) is 11.5 Å². The van der Waals surface area contributed by atoms with E-state index in [4.69, 9.17) is 0 Å². The van der Waals surface area contributed by atoms with Crippen LogP contribution >= 0.6 is 0 Å². The number of aryl methyl sites for hydroxylation is 1. The zero-order valence-electron chi connectivity index (χ0n) is 10.4. The first-order valence-corrected chi connectivity index (χ1v) is 6.16. The molecule has 0 bridgehead atoms. The molecule has 0 unspecified atom stereocenters. The quantitative estimate of drug-likeness (QED) is 0.612. The fourth-order valence-corrected chi connectivity index (χ4v) is 2.33. The Balaban J connectivity index is 1.76. The van der Waals surface area contributed by atoms with Crippen LogP contribution in [0.15, 0.2) is 4.79 Å². The minimum absolute atomic E-state index is 0.254. The lowest BCUT2D eigenvalue weighted by Crippen LogP contribution is -2.28. The number of fused-ring (bicyclic) bond motifs is 1. The van der Waals surface area contributed by atoms with E-state index in [0.29, 0.717) is 11.5 Å². The number of hydrogen-bond acceptors (Lipinski definition) is 4. The average molecular weight is 262 g/mol. The lowest BCUT2D eigenvalue weighted by Gasteiger charge is -2.09. The summed E-state index contributed by atoms with van der Waals surface area (Å²) in [6.45, 7) is 1.75. The molecule has 1 atom stereocenters. The number of aromatic nitrogens is 5. The Morgan fingerprint density at radius 2 is 2.16 bits per heavy atom. The van der Waals surface area contributed by atoms with Gasteiger partial charge in [-0.05, 0) is 26.2 Å². The van der Waals surface area contributed by atoms with E-state index in [1.54, 1.807) is 6.92 Å². The molecule has 2 heterocycles. The first kappa shape index (κ1) is 11.7. The molecule has 0 aliphatic heterocycles. The highest BCUT2D eigenvalue weighted by Gasteiger charge is 2.24. The van der Waals surface area contributed by atoms with Gasteiger partial charge in [0.1, 0.15) is 0 Å². The van der Waals surface area contributed by atoms with Gasteiger partial charge in [-0.15, -0.1) is 0 Å². The van der Waals surface area contributed by atoms with Crippen molar-refractivity contribution in [2.75, 3.05) is 0 Å². The summed E-state index contributed by atoms with van der Waals surface area (Å²) in [6, 6.07) is -0.389. The first-order valence-electron chi connectivity index (χ1n) is 6.16. The van der Waals surface area contributed by atoms with Gasteiger partial charge in [-0.3, -0.25) is 14.9 Å². The Morgan fingerprint density at radius 1 is 1.32 bits per heavy atom. The second-order valence-corrected chi connectivity index (χ2v) is 4.64. The van der Waals surface area contributed by atoms with Crippen molar-refractivity contribution in [2.45, 2.75) is 32.2 Å². The Kier molecular flexibility index (Phi) is 2.69. The molecule has 0 saturated heterocycles. The first-order chi connectivity index (χ1) is 9.15. The summed E-state index contributed by atoms with van der Waals surface area (Å²) >= 11 is 0. The fraction of sp³-hybridized carbons (Fsp3) is 0.455. The predicted molar refractivity (Wildman–Crippen MR) is 65.7 cm³/mol. The van der Waals surface area contributed by atoms with Gasteiger partial charge in [0.05, 0.1) is 6.04 Å². The molecule has 2 aromatic heterocycles. The number of aromatic amines is 3. The number of carbonyl (C=O) groups excluding carboxylic acids is 1. The number of H-pyrrole nitrogens is 3. The number of nitrogens with zero attached hydrogens (tertiary/aromatic N) is 2. The monoisotopic (exact) mass is 262 g/mol. The number of amides is 1. The molecular formula is C11H14N6O2. The van der Waals surface area contributed by atoms with E-state index in [0.717, 1.165) is 30.5 Å². The van der Waals surface area contributed by atoms with Gasteiger partial charge in [0.25, 0.3) is 5.91 Å². The summed E-state index contributed by atoms with van der Waals surface area (Å²) in [7, 11) is 0. The SMILES string of the molecule is C[C@H](NC(=O)c1n[nH]c2c1CCC2)c1n[nH]c(=O)[nH]1. The molecule has 0 saturated carbocycles. The largest absolute Gasteiger partial charge is 0.341 e. The van der Waals surface area contributed by atoms with Gasteiger partial charge >= 0.3 is 5.69 Å². The van der Waals surface area contributed by atoms with E-state index >= 15 is 0 Å². The van der Waals surface area contributed by atoms with Crippen molar-refractivity contribution in [1.82, 2.24) is 30.7 Å². The molecular weight excluding hydrogens is 248 g/mol. The van der Waals surface area contributed by atoms with Crippen LogP contribution in [-0.2, 0) is 12.8 Å². The summed E-state index contributed by atoms with van der Waals surface area (Å²) in [6.07, 6.45) is 2.87. The minimum atomic E-state index is -0.392. The molecule has 0 fully saturated rings. The number of carbonyl (C=O) groups is 1. The Bertz CT molecular complexity index is 667. The van der Waals surface area contributed by atoms with E-state index in [2.05, 4.69) is 30.7 Å². The Labute approximate surface area is 108 Å². The fourth-order valence-electron chi connectivity index (χ4n) is 2.33. The van der Waals surface area contributed by atoms with E-state index in [1.807, 2.05) is 0 Å². The molecule has 2 aromatic rings. The summed E-state index contributed by atoms with van der Waals surface area (Å²) in [5, 5.41) is 15.8. The molecule has 0 spiro atoms. The number of hydrogen-bond donors (Lipinski definition) is 4. The topological polar surface area (TPSA) is 119 Å². The molecule has 0 radical (unpaired) electrons. The highest BCUT2D eigenvalue weighted by molar-refractivity contribution is 5.94. The molecule has 8 heteroatoms. The molecule has 1 amide bonds. The van der Waals surface area contributed by atoms with Gasteiger partial charge in [-0.1, -0.05) is 0 Å². The third-order valence-corrected chi connectivity index (χ3v) is 3.30. The molecule has 3 rings (SSSR count). The van der Waals surface area contributed by atoms with Crippen LogP contribution in [0.3, 0.4) is 0 Å². The second kappa shape index (κ2) is 4.38. The van der Waals surface area contributed by atoms with Gasteiger partial charge in [0.2, 0.25) is 0 Å². The lowest BCUT2D eigenvalue weighted by molar-refractivity contribution is 0.0932. The normalized spacial score (nSPS) is 15.2. The van der Waals surface area contributed by atoms with Crippen molar-refractivity contribution in [3.05, 3.63) is 33.3 Å². The molecule has 100 valence electrons. The van der Waals surface area contributed by atoms with Crippen LogP contribution in [0.25, 0.3) is 0 Å². The molecule has 1 aliphatic carbocycles. The highest BCUT2D eigenvalue weighted by Crippen LogP contribution is 2.22. The van der Waals surface area contributed by atoms with Crippen molar-refractivity contribution in [1.29, 1.82) is 0 Å². The van der Waals surface area contributed by atoms with Gasteiger partial charge in [0, 0.05) is 11.3 Å². The third-order valence-electron chi connectivity index (χ3n) is 3.30. The van der Waals surface area contributed by atoms with Crippen molar-refractivity contribution >= 4 is 5.91 Å². The van der Waals surface area contributed by atoms with Crippen LogP contribution in [0.2, 0.25) is 0 Å². The van der Waals surface area contributed by atoms with Crippen molar-refractivity contribution in [2.24, 2.45) is 0 Å². The Hall–Kier alpha value is -2.38. The van der Waals surface area contributed by atoms with Crippen LogP contribution in [0.1, 0.15) is 47.0 Å². The maximum absolute atomic E-state index is 12.1. The summed E-state index contributed by atoms with van der Waals surface area (Å²) in [4.78, 5) is 25.6. The number of rotatable bonds is 3. The smallest absolute Gasteiger partial charge is 0.340 e. The minimum Gasteiger partial charge on any atom is -0.341 e. The molecule has 19 heavy (non-hydrogen) atoms. The standard InChI is InChI=1S/C11H14N6O2/c1-5(9-13-11(19)17-16-9)12-10(18)8-6-3-2-4-7(6)14-15-8/h5H,2-4H2,1H3,(H,12,18)(H,14,15)(H2,13,16,17,19)/t5-/m0/s1. The molecule has 8 nitrogen and oxygen atoms in total. The predicted octanol–water partition coefficient (Wildman–Crippen LogP) is -0.199. The van der Waals surface area contributed by atoms with Crippen molar-refractivity contribution < 1.29 is 4.79 Å². The Morgan fingerprint density at radius 3 is 2.89 bits per heavy atom. The van der Waals surface area contributed by atoms with Gasteiger partial charge < -0.3 is 5.32 Å². The van der Waals surface area contributed by atoms with Crippen LogP contribution in [0.5, 0.6) is 0 Å². The van der Waals surface area contributed by atoms with E-state index in [9.17, 15) is 9.59 Å². The second-order valence-electron chi connectivity index (χ2n) is 4.64. The van der Waals surface area contributed by atoms with E-state index in [1.165, 1.54) is 0 Å². The summed E-state index contributed by atoms with van der Waals surface area (Å²) < 4.78 is 0. The lowest BCUT2D eigenvalue weighted by atomic mass is 10.2. The van der Waals surface area contributed by atoms with Crippen molar-refractivity contribution in [3.63, 3.8) is 0 Å². The summed E-state index contributed by atoms with van der Waals surface area (Å²) in [5.74, 6) is 0.140. The molecule has 4 N–H and O–H groups in total. The molecule has 1 aliphatic rings. The zero-order valence-corrected chi connectivity index (χ0v) is 10.4. The van der Waals surface area contributed by atoms with Crippen LogP contribution in [-0.4, -0.2) is 31.3 Å². The van der Waals surface area contributed by atoms with E-state index in [-0.39, 0.29) is 11.9 Å². The van der Waals surface area contributed by atoms with Crippen LogP contribution in [0, 0.1) is 0 Å². The van der Waals surface area contributed by atoms with Gasteiger partial charge in [-0.25, -0.2) is 9.89 Å². The summed E-state index contributed by atoms with van der Waals surface area (Å²) in [5.41, 5.74) is 2.10. The average Bonchev–Trinajstić information content (AvgIpc) is 3.02. The third kappa shape index (κ3) is 2.05. The number of nitrogens with one attached hydrogen (secondary N) is 4. The maximum atomic E-state index is 12.1. The maximum Gasteiger partial charge on any atom is 0.340 e. The molecule has 0 aromatic carbocycles. The van der Waals surface area contributed by atoms with Crippen LogP contribution in [0.4, 0.5) is 0 Å². The van der Waals surface area contributed by atoms with Crippen molar-refractivity contribution in [3.8, 4) is 0 Å². The highest BCUT2D eigenvalue weighted by atomic mass is 16.2.